The molecule has 0 heterocycles. The van der Waals surface area contributed by atoms with Crippen LogP contribution < -0.4 is 0 Å². The van der Waals surface area contributed by atoms with E-state index in [1.54, 1.807) is 0 Å². The molecule has 2 atom stereocenters. The van der Waals surface area contributed by atoms with Gasteiger partial charge in [0.1, 0.15) is 0 Å². The Morgan fingerprint density at radius 3 is 2.44 bits per heavy atom. The lowest BCUT2D eigenvalue weighted by Crippen LogP contribution is -2.08. The van der Waals surface area contributed by atoms with Crippen molar-refractivity contribution in [2.24, 2.45) is 0 Å². The van der Waals surface area contributed by atoms with E-state index in [0.717, 1.165) is 0 Å². The van der Waals surface area contributed by atoms with E-state index in [2.05, 4.69) is 62.4 Å². The Kier molecular flexibility index (Phi) is 4.16. The zero-order valence-electron chi connectivity index (χ0n) is 11.3. The molecule has 94 valence electrons. The van der Waals surface area contributed by atoms with Crippen LogP contribution in [0.4, 0.5) is 0 Å². The van der Waals surface area contributed by atoms with Gasteiger partial charge in [0.05, 0.1) is 12.2 Å². The SMILES string of the molecule is C/C=C/C(C)O[C@@H](C)c1ccc2ccccc2c1. The molecular weight excluding hydrogens is 220 g/mol. The Morgan fingerprint density at radius 2 is 1.72 bits per heavy atom. The average Bonchev–Trinajstić information content (AvgIpc) is 2.38. The molecule has 2 aromatic carbocycles. The third-order valence-electron chi connectivity index (χ3n) is 3.13. The average molecular weight is 240 g/mol. The fraction of sp³-hybridized carbons (Fsp3) is 0.294. The maximum atomic E-state index is 5.94. The number of ether oxygens (including phenoxy) is 1. The maximum absolute atomic E-state index is 5.94. The number of allylic oxidation sites excluding steroid dienone is 1. The van der Waals surface area contributed by atoms with Gasteiger partial charge in [0.25, 0.3) is 0 Å². The Labute approximate surface area is 109 Å². The smallest absolute Gasteiger partial charge is 0.0804 e. The number of hydrogen-bond acceptors (Lipinski definition) is 1. The van der Waals surface area contributed by atoms with E-state index in [1.165, 1.54) is 16.3 Å². The number of hydrogen-bond donors (Lipinski definition) is 0. The van der Waals surface area contributed by atoms with Gasteiger partial charge in [-0.2, -0.15) is 0 Å². The predicted octanol–water partition coefficient (Wildman–Crippen LogP) is 4.88. The van der Waals surface area contributed by atoms with Crippen molar-refractivity contribution in [3.63, 3.8) is 0 Å². The maximum Gasteiger partial charge on any atom is 0.0804 e. The highest BCUT2D eigenvalue weighted by Gasteiger charge is 2.09. The van der Waals surface area contributed by atoms with Crippen molar-refractivity contribution in [1.82, 2.24) is 0 Å². The first-order valence-corrected chi connectivity index (χ1v) is 6.47. The van der Waals surface area contributed by atoms with E-state index in [-0.39, 0.29) is 12.2 Å². The van der Waals surface area contributed by atoms with Gasteiger partial charge in [0, 0.05) is 0 Å². The second kappa shape index (κ2) is 5.83. The van der Waals surface area contributed by atoms with E-state index < -0.39 is 0 Å². The fourth-order valence-electron chi connectivity index (χ4n) is 2.18. The van der Waals surface area contributed by atoms with E-state index in [1.807, 2.05) is 13.0 Å². The van der Waals surface area contributed by atoms with Crippen LogP contribution in [0.2, 0.25) is 0 Å². The van der Waals surface area contributed by atoms with Gasteiger partial charge in [-0.25, -0.2) is 0 Å². The van der Waals surface area contributed by atoms with Gasteiger partial charge in [-0.1, -0.05) is 48.6 Å². The first-order chi connectivity index (χ1) is 8.70. The van der Waals surface area contributed by atoms with Crippen molar-refractivity contribution in [2.45, 2.75) is 33.0 Å². The lowest BCUT2D eigenvalue weighted by molar-refractivity contribution is 0.0335. The molecular formula is C17H20O. The minimum atomic E-state index is 0.112. The van der Waals surface area contributed by atoms with Crippen LogP contribution in [0.25, 0.3) is 10.8 Å². The highest BCUT2D eigenvalue weighted by molar-refractivity contribution is 5.83. The summed E-state index contributed by atoms with van der Waals surface area (Å²) in [7, 11) is 0. The van der Waals surface area contributed by atoms with Gasteiger partial charge >= 0.3 is 0 Å². The van der Waals surface area contributed by atoms with E-state index in [4.69, 9.17) is 4.74 Å². The summed E-state index contributed by atoms with van der Waals surface area (Å²) in [6.45, 7) is 6.18. The molecule has 1 heteroatoms. The number of rotatable bonds is 4. The molecule has 0 fully saturated rings. The molecule has 0 radical (unpaired) electrons. The van der Waals surface area contributed by atoms with Crippen molar-refractivity contribution in [1.29, 1.82) is 0 Å². The molecule has 0 amide bonds. The molecule has 2 aromatic rings. The van der Waals surface area contributed by atoms with Crippen LogP contribution in [0.3, 0.4) is 0 Å². The summed E-state index contributed by atoms with van der Waals surface area (Å²) in [6.07, 6.45) is 4.35. The summed E-state index contributed by atoms with van der Waals surface area (Å²) in [5.41, 5.74) is 1.23. The minimum Gasteiger partial charge on any atom is -0.367 e. The van der Waals surface area contributed by atoms with Crippen LogP contribution in [0.5, 0.6) is 0 Å². The first kappa shape index (κ1) is 12.8. The molecule has 1 unspecified atom stereocenters. The molecule has 2 rings (SSSR count). The van der Waals surface area contributed by atoms with Crippen molar-refractivity contribution in [3.8, 4) is 0 Å². The van der Waals surface area contributed by atoms with Crippen molar-refractivity contribution in [3.05, 3.63) is 60.2 Å². The van der Waals surface area contributed by atoms with E-state index in [9.17, 15) is 0 Å². The third kappa shape index (κ3) is 2.99. The first-order valence-electron chi connectivity index (χ1n) is 6.47. The van der Waals surface area contributed by atoms with Crippen LogP contribution in [0.15, 0.2) is 54.6 Å². The summed E-state index contributed by atoms with van der Waals surface area (Å²) in [4.78, 5) is 0. The van der Waals surface area contributed by atoms with Gasteiger partial charge in [0.15, 0.2) is 0 Å². The molecule has 1 nitrogen and oxygen atoms in total. The van der Waals surface area contributed by atoms with Gasteiger partial charge < -0.3 is 4.74 Å². The van der Waals surface area contributed by atoms with Crippen molar-refractivity contribution in [2.75, 3.05) is 0 Å². The van der Waals surface area contributed by atoms with Gasteiger partial charge in [-0.15, -0.1) is 0 Å². The molecule has 0 aliphatic carbocycles. The second-order valence-electron chi connectivity index (χ2n) is 4.62. The van der Waals surface area contributed by atoms with Crippen molar-refractivity contribution < 1.29 is 4.74 Å². The Balaban J connectivity index is 2.20. The second-order valence-corrected chi connectivity index (χ2v) is 4.62. The van der Waals surface area contributed by atoms with Crippen LogP contribution in [-0.4, -0.2) is 6.10 Å². The quantitative estimate of drug-likeness (QED) is 0.692. The lowest BCUT2D eigenvalue weighted by Gasteiger charge is -2.17. The molecule has 0 spiro atoms. The largest absolute Gasteiger partial charge is 0.367 e. The Bertz CT molecular complexity index is 542. The monoisotopic (exact) mass is 240 g/mol. The Hall–Kier alpha value is -1.60. The van der Waals surface area contributed by atoms with Crippen LogP contribution in [-0.2, 0) is 4.74 Å². The molecule has 0 bridgehead atoms. The molecule has 0 aromatic heterocycles. The van der Waals surface area contributed by atoms with Gasteiger partial charge in [0.2, 0.25) is 0 Å². The zero-order valence-corrected chi connectivity index (χ0v) is 11.3. The number of fused-ring (bicyclic) bond motifs is 1. The predicted molar refractivity (Wildman–Crippen MR) is 77.7 cm³/mol. The number of benzene rings is 2. The van der Waals surface area contributed by atoms with E-state index in [0.29, 0.717) is 0 Å². The molecule has 0 saturated carbocycles. The van der Waals surface area contributed by atoms with Gasteiger partial charge in [-0.05, 0) is 43.2 Å². The zero-order chi connectivity index (χ0) is 13.0. The van der Waals surface area contributed by atoms with Crippen LogP contribution in [0.1, 0.15) is 32.4 Å². The summed E-state index contributed by atoms with van der Waals surface area (Å²) >= 11 is 0. The topological polar surface area (TPSA) is 9.23 Å². The lowest BCUT2D eigenvalue weighted by atomic mass is 10.0. The molecule has 0 saturated heterocycles. The minimum absolute atomic E-state index is 0.112. The molecule has 0 aliphatic rings. The highest BCUT2D eigenvalue weighted by atomic mass is 16.5. The summed E-state index contributed by atoms with van der Waals surface area (Å²) in [5, 5.41) is 2.54. The molecule has 0 aliphatic heterocycles. The van der Waals surface area contributed by atoms with Crippen molar-refractivity contribution >= 4 is 10.8 Å². The summed E-state index contributed by atoms with van der Waals surface area (Å²) in [6, 6.07) is 14.9. The normalized spacial score (nSPS) is 15.1. The van der Waals surface area contributed by atoms with Crippen LogP contribution >= 0.6 is 0 Å². The highest BCUT2D eigenvalue weighted by Crippen LogP contribution is 2.23. The molecule has 0 N–H and O–H groups in total. The third-order valence-corrected chi connectivity index (χ3v) is 3.13. The standard InChI is InChI=1S/C17H20O/c1-4-7-13(2)18-14(3)16-11-10-15-8-5-6-9-17(15)12-16/h4-14H,1-3H3/b7-4+/t13?,14-/m0/s1. The molecule has 18 heavy (non-hydrogen) atoms. The summed E-state index contributed by atoms with van der Waals surface area (Å²) in [5.74, 6) is 0. The van der Waals surface area contributed by atoms with Gasteiger partial charge in [-0.3, -0.25) is 0 Å². The van der Waals surface area contributed by atoms with Crippen LogP contribution in [0, 0.1) is 0 Å². The fourth-order valence-corrected chi connectivity index (χ4v) is 2.18. The summed E-state index contributed by atoms with van der Waals surface area (Å²) < 4.78 is 5.94. The Morgan fingerprint density at radius 1 is 1.00 bits per heavy atom. The van der Waals surface area contributed by atoms with E-state index >= 15 is 0 Å².